The Balaban J connectivity index is 1.76. The van der Waals surface area contributed by atoms with E-state index < -0.39 is 0 Å². The molecule has 2 saturated heterocycles. The van der Waals surface area contributed by atoms with Gasteiger partial charge in [0.15, 0.2) is 0 Å². The van der Waals surface area contributed by atoms with Gasteiger partial charge >= 0.3 is 0 Å². The predicted octanol–water partition coefficient (Wildman–Crippen LogP) is 0.871. The Morgan fingerprint density at radius 1 is 1.35 bits per heavy atom. The summed E-state index contributed by atoms with van der Waals surface area (Å²) < 4.78 is 5.27. The maximum Gasteiger partial charge on any atom is 0.223 e. The molecular formula is C13H24N2O2. The lowest BCUT2D eigenvalue weighted by Gasteiger charge is -2.31. The predicted molar refractivity (Wildman–Crippen MR) is 66.8 cm³/mol. The smallest absolute Gasteiger partial charge is 0.223 e. The molecule has 2 aliphatic heterocycles. The quantitative estimate of drug-likeness (QED) is 0.796. The lowest BCUT2D eigenvalue weighted by molar-refractivity contribution is -0.136. The van der Waals surface area contributed by atoms with E-state index in [0.717, 1.165) is 32.1 Å². The fourth-order valence-electron chi connectivity index (χ4n) is 2.80. The average molecular weight is 240 g/mol. The molecule has 0 bridgehead atoms. The van der Waals surface area contributed by atoms with Gasteiger partial charge in [-0.1, -0.05) is 6.92 Å². The number of nitrogens with one attached hydrogen (secondary N) is 1. The second-order valence-electron chi connectivity index (χ2n) is 5.26. The second-order valence-corrected chi connectivity index (χ2v) is 5.26. The number of piperidine rings is 1. The van der Waals surface area contributed by atoms with Crippen molar-refractivity contribution in [3.8, 4) is 0 Å². The number of morpholine rings is 1. The van der Waals surface area contributed by atoms with Crippen molar-refractivity contribution in [1.29, 1.82) is 0 Å². The van der Waals surface area contributed by atoms with Crippen LogP contribution in [0.15, 0.2) is 0 Å². The molecule has 0 radical (unpaired) electrons. The molecule has 0 aliphatic carbocycles. The van der Waals surface area contributed by atoms with Crippen LogP contribution >= 0.6 is 0 Å². The lowest BCUT2D eigenvalue weighted by atomic mass is 9.84. The summed E-state index contributed by atoms with van der Waals surface area (Å²) in [4.78, 5) is 14.1. The fraction of sp³-hybridized carbons (Fsp3) is 0.923. The first-order valence-electron chi connectivity index (χ1n) is 6.83. The van der Waals surface area contributed by atoms with Crippen LogP contribution in [0.4, 0.5) is 0 Å². The van der Waals surface area contributed by atoms with Crippen LogP contribution in [0.25, 0.3) is 0 Å². The lowest BCUT2D eigenvalue weighted by Crippen LogP contribution is -2.42. The number of carbonyl (C=O) groups is 1. The van der Waals surface area contributed by atoms with E-state index in [4.69, 9.17) is 4.74 Å². The van der Waals surface area contributed by atoms with Gasteiger partial charge in [-0.2, -0.15) is 0 Å². The number of ether oxygens (including phenoxy) is 1. The van der Waals surface area contributed by atoms with Gasteiger partial charge in [-0.15, -0.1) is 0 Å². The highest BCUT2D eigenvalue weighted by atomic mass is 16.5. The Kier molecular flexibility index (Phi) is 4.80. The van der Waals surface area contributed by atoms with Gasteiger partial charge in [0.1, 0.15) is 0 Å². The zero-order chi connectivity index (χ0) is 12.1. The van der Waals surface area contributed by atoms with Crippen LogP contribution in [0.2, 0.25) is 0 Å². The van der Waals surface area contributed by atoms with Crippen LogP contribution in [0.3, 0.4) is 0 Å². The molecule has 0 aromatic rings. The van der Waals surface area contributed by atoms with Gasteiger partial charge in [-0.05, 0) is 37.8 Å². The van der Waals surface area contributed by atoms with Crippen LogP contribution in [0.5, 0.6) is 0 Å². The van der Waals surface area contributed by atoms with Crippen LogP contribution in [0, 0.1) is 11.8 Å². The molecule has 2 heterocycles. The van der Waals surface area contributed by atoms with Crippen molar-refractivity contribution in [2.75, 3.05) is 39.4 Å². The fourth-order valence-corrected chi connectivity index (χ4v) is 2.80. The number of amides is 1. The number of hydrogen-bond donors (Lipinski definition) is 1. The molecule has 4 nitrogen and oxygen atoms in total. The number of nitrogens with zero attached hydrogens (tertiary/aromatic N) is 1. The molecule has 17 heavy (non-hydrogen) atoms. The third-order valence-electron chi connectivity index (χ3n) is 4.05. The Labute approximate surface area is 104 Å². The van der Waals surface area contributed by atoms with Crippen LogP contribution < -0.4 is 5.32 Å². The van der Waals surface area contributed by atoms with Gasteiger partial charge in [0.2, 0.25) is 5.91 Å². The third-order valence-corrected chi connectivity index (χ3v) is 4.05. The molecule has 0 spiro atoms. The van der Waals surface area contributed by atoms with Gasteiger partial charge < -0.3 is 15.0 Å². The number of carbonyl (C=O) groups excluding carboxylic acids is 1. The molecule has 1 amide bonds. The molecule has 1 N–H and O–H groups in total. The van der Waals surface area contributed by atoms with E-state index in [9.17, 15) is 4.79 Å². The molecule has 1 atom stereocenters. The number of rotatable bonds is 3. The van der Waals surface area contributed by atoms with E-state index in [-0.39, 0.29) is 0 Å². The largest absolute Gasteiger partial charge is 0.378 e. The SMILES string of the molecule is CC(CC(=O)N1CCOCC1)C1CCNCC1. The van der Waals surface area contributed by atoms with E-state index in [1.807, 2.05) is 4.90 Å². The van der Waals surface area contributed by atoms with Crippen molar-refractivity contribution in [2.24, 2.45) is 11.8 Å². The Morgan fingerprint density at radius 3 is 2.65 bits per heavy atom. The van der Waals surface area contributed by atoms with Gasteiger partial charge in [-0.25, -0.2) is 0 Å². The van der Waals surface area contributed by atoms with Gasteiger partial charge in [0.25, 0.3) is 0 Å². The maximum absolute atomic E-state index is 12.1. The summed E-state index contributed by atoms with van der Waals surface area (Å²) >= 11 is 0. The maximum atomic E-state index is 12.1. The first kappa shape index (κ1) is 12.8. The van der Waals surface area contributed by atoms with Crippen molar-refractivity contribution in [1.82, 2.24) is 10.2 Å². The molecule has 2 aliphatic rings. The highest BCUT2D eigenvalue weighted by molar-refractivity contribution is 5.76. The Bertz CT molecular complexity index is 246. The summed E-state index contributed by atoms with van der Waals surface area (Å²) in [6.45, 7) is 7.41. The highest BCUT2D eigenvalue weighted by Gasteiger charge is 2.24. The van der Waals surface area contributed by atoms with E-state index in [1.54, 1.807) is 0 Å². The summed E-state index contributed by atoms with van der Waals surface area (Å²) in [5.74, 6) is 1.56. The molecule has 2 fully saturated rings. The van der Waals surface area contributed by atoms with Gasteiger partial charge in [0.05, 0.1) is 13.2 Å². The molecule has 98 valence electrons. The minimum absolute atomic E-state index is 0.319. The molecule has 0 saturated carbocycles. The topological polar surface area (TPSA) is 41.6 Å². The standard InChI is InChI=1S/C13H24N2O2/c1-11(12-2-4-14-5-3-12)10-13(16)15-6-8-17-9-7-15/h11-12,14H,2-10H2,1H3. The number of hydrogen-bond acceptors (Lipinski definition) is 3. The summed E-state index contributed by atoms with van der Waals surface area (Å²) in [6, 6.07) is 0. The van der Waals surface area contributed by atoms with Crippen LogP contribution in [-0.4, -0.2) is 50.2 Å². The Morgan fingerprint density at radius 2 is 2.00 bits per heavy atom. The van der Waals surface area contributed by atoms with Crippen molar-refractivity contribution < 1.29 is 9.53 Å². The van der Waals surface area contributed by atoms with E-state index >= 15 is 0 Å². The van der Waals surface area contributed by atoms with Gasteiger partial charge in [-0.3, -0.25) is 4.79 Å². The molecule has 1 unspecified atom stereocenters. The summed E-state index contributed by atoms with van der Waals surface area (Å²) in [7, 11) is 0. The molecule has 2 rings (SSSR count). The van der Waals surface area contributed by atoms with Crippen molar-refractivity contribution in [3.63, 3.8) is 0 Å². The van der Waals surface area contributed by atoms with Crippen LogP contribution in [-0.2, 0) is 9.53 Å². The van der Waals surface area contributed by atoms with Crippen molar-refractivity contribution in [3.05, 3.63) is 0 Å². The van der Waals surface area contributed by atoms with E-state index in [0.29, 0.717) is 31.5 Å². The zero-order valence-electron chi connectivity index (χ0n) is 10.8. The summed E-state index contributed by atoms with van der Waals surface area (Å²) in [6.07, 6.45) is 3.15. The minimum Gasteiger partial charge on any atom is -0.378 e. The first-order valence-corrected chi connectivity index (χ1v) is 6.83. The highest BCUT2D eigenvalue weighted by Crippen LogP contribution is 2.24. The molecule has 4 heteroatoms. The Hall–Kier alpha value is -0.610. The second kappa shape index (κ2) is 6.36. The average Bonchev–Trinajstić information content (AvgIpc) is 2.40. The first-order chi connectivity index (χ1) is 8.27. The van der Waals surface area contributed by atoms with E-state index in [2.05, 4.69) is 12.2 Å². The monoisotopic (exact) mass is 240 g/mol. The summed E-state index contributed by atoms with van der Waals surface area (Å²) in [5, 5.41) is 3.37. The molecule has 0 aromatic heterocycles. The summed E-state index contributed by atoms with van der Waals surface area (Å²) in [5.41, 5.74) is 0. The van der Waals surface area contributed by atoms with Crippen molar-refractivity contribution in [2.45, 2.75) is 26.2 Å². The molecule has 0 aromatic carbocycles. The van der Waals surface area contributed by atoms with Gasteiger partial charge in [0, 0.05) is 19.5 Å². The van der Waals surface area contributed by atoms with E-state index in [1.165, 1.54) is 12.8 Å². The zero-order valence-corrected chi connectivity index (χ0v) is 10.8. The van der Waals surface area contributed by atoms with Crippen LogP contribution in [0.1, 0.15) is 26.2 Å². The minimum atomic E-state index is 0.319. The third kappa shape index (κ3) is 3.68. The van der Waals surface area contributed by atoms with Crippen molar-refractivity contribution >= 4 is 5.91 Å². The normalized spacial score (nSPS) is 24.6. The molecular weight excluding hydrogens is 216 g/mol.